The van der Waals surface area contributed by atoms with E-state index in [0.717, 1.165) is 47.6 Å². The molecule has 3 aromatic carbocycles. The molecule has 4 aromatic rings. The Morgan fingerprint density at radius 3 is 2.45 bits per heavy atom. The van der Waals surface area contributed by atoms with Gasteiger partial charge in [-0.25, -0.2) is 4.98 Å². The Morgan fingerprint density at radius 1 is 0.909 bits per heavy atom. The molecule has 0 aliphatic heterocycles. The Kier molecular flexibility index (Phi) is 7.72. The summed E-state index contributed by atoms with van der Waals surface area (Å²) in [5.41, 5.74) is 3.78. The van der Waals surface area contributed by atoms with Crippen molar-refractivity contribution in [3.05, 3.63) is 84.2 Å². The van der Waals surface area contributed by atoms with E-state index in [1.807, 2.05) is 84.2 Å². The number of aromatic nitrogens is 1. The van der Waals surface area contributed by atoms with E-state index < -0.39 is 0 Å². The van der Waals surface area contributed by atoms with Gasteiger partial charge in [-0.1, -0.05) is 61.9 Å². The summed E-state index contributed by atoms with van der Waals surface area (Å²) in [7, 11) is 0. The fraction of sp³-hybridized carbons (Fsp3) is 0.185. The predicted molar refractivity (Wildman–Crippen MR) is 134 cm³/mol. The van der Waals surface area contributed by atoms with Gasteiger partial charge in [-0.3, -0.25) is 10.1 Å². The summed E-state index contributed by atoms with van der Waals surface area (Å²) >= 11 is 1.39. The lowest BCUT2D eigenvalue weighted by Gasteiger charge is -2.11. The predicted octanol–water partition coefficient (Wildman–Crippen LogP) is 6.67. The minimum atomic E-state index is -0.251. The molecule has 168 valence electrons. The number of carbonyl (C=O) groups excluding carboxylic acids is 1. The van der Waals surface area contributed by atoms with E-state index in [9.17, 15) is 4.79 Å². The number of unbranched alkanes of at least 4 members (excludes halogenated alkanes) is 1. The number of anilines is 1. The van der Waals surface area contributed by atoms with E-state index in [1.165, 1.54) is 11.3 Å². The van der Waals surface area contributed by atoms with E-state index in [2.05, 4.69) is 17.2 Å². The summed E-state index contributed by atoms with van der Waals surface area (Å²) in [6, 6.07) is 25.5. The molecule has 1 amide bonds. The lowest BCUT2D eigenvalue weighted by Crippen LogP contribution is -2.20. The van der Waals surface area contributed by atoms with Crippen molar-refractivity contribution < 1.29 is 14.3 Å². The van der Waals surface area contributed by atoms with Gasteiger partial charge in [-0.2, -0.15) is 0 Å². The molecule has 0 aliphatic rings. The molecule has 4 rings (SSSR count). The van der Waals surface area contributed by atoms with E-state index >= 15 is 0 Å². The molecule has 0 bridgehead atoms. The molecule has 0 radical (unpaired) electrons. The molecule has 0 fully saturated rings. The molecule has 5 nitrogen and oxygen atoms in total. The van der Waals surface area contributed by atoms with Crippen LogP contribution >= 0.6 is 11.3 Å². The van der Waals surface area contributed by atoms with Crippen LogP contribution in [0.5, 0.6) is 11.5 Å². The Morgan fingerprint density at radius 2 is 1.67 bits per heavy atom. The van der Waals surface area contributed by atoms with Gasteiger partial charge in [0.05, 0.1) is 12.3 Å². The van der Waals surface area contributed by atoms with Crippen LogP contribution in [0.3, 0.4) is 0 Å². The van der Waals surface area contributed by atoms with Gasteiger partial charge < -0.3 is 9.47 Å². The third-order valence-electron chi connectivity index (χ3n) is 5.00. The quantitative estimate of drug-likeness (QED) is 0.270. The van der Waals surface area contributed by atoms with Crippen LogP contribution in [0, 0.1) is 0 Å². The van der Waals surface area contributed by atoms with E-state index in [1.54, 1.807) is 0 Å². The Labute approximate surface area is 198 Å². The number of nitrogens with zero attached hydrogens (tertiary/aromatic N) is 1. The molecule has 0 spiro atoms. The van der Waals surface area contributed by atoms with Crippen molar-refractivity contribution >= 4 is 22.4 Å². The van der Waals surface area contributed by atoms with Crippen molar-refractivity contribution in [1.82, 2.24) is 4.98 Å². The molecular formula is C27H26N2O3S. The van der Waals surface area contributed by atoms with Crippen LogP contribution in [0.2, 0.25) is 0 Å². The second-order valence-electron chi connectivity index (χ2n) is 7.46. The average molecular weight is 459 g/mol. The fourth-order valence-corrected chi connectivity index (χ4v) is 4.00. The number of nitrogens with one attached hydrogen (secondary N) is 1. The molecule has 1 N–H and O–H groups in total. The topological polar surface area (TPSA) is 60.5 Å². The van der Waals surface area contributed by atoms with Crippen molar-refractivity contribution in [1.29, 1.82) is 0 Å². The first-order chi connectivity index (χ1) is 16.2. The number of thiazole rings is 1. The maximum atomic E-state index is 12.5. The lowest BCUT2D eigenvalue weighted by molar-refractivity contribution is -0.118. The number of amides is 1. The van der Waals surface area contributed by atoms with Crippen molar-refractivity contribution in [2.24, 2.45) is 0 Å². The van der Waals surface area contributed by atoms with E-state index in [0.29, 0.717) is 10.9 Å². The molecule has 0 aliphatic carbocycles. The summed E-state index contributed by atoms with van der Waals surface area (Å²) in [5.74, 6) is 1.27. The monoisotopic (exact) mass is 458 g/mol. The van der Waals surface area contributed by atoms with Crippen LogP contribution in [0.15, 0.2) is 84.2 Å². The van der Waals surface area contributed by atoms with E-state index in [4.69, 9.17) is 9.47 Å². The zero-order valence-corrected chi connectivity index (χ0v) is 19.3. The highest BCUT2D eigenvalue weighted by atomic mass is 32.1. The summed E-state index contributed by atoms with van der Waals surface area (Å²) in [6.45, 7) is 2.77. The minimum Gasteiger partial charge on any atom is -0.494 e. The van der Waals surface area contributed by atoms with Crippen LogP contribution in [0.1, 0.15) is 19.8 Å². The average Bonchev–Trinajstić information content (AvgIpc) is 3.32. The molecule has 1 heterocycles. The first kappa shape index (κ1) is 22.6. The van der Waals surface area contributed by atoms with Crippen LogP contribution < -0.4 is 14.8 Å². The minimum absolute atomic E-state index is 0.0947. The molecule has 0 saturated heterocycles. The largest absolute Gasteiger partial charge is 0.494 e. The van der Waals surface area contributed by atoms with Crippen LogP contribution in [-0.4, -0.2) is 24.1 Å². The van der Waals surface area contributed by atoms with Gasteiger partial charge in [0.1, 0.15) is 11.5 Å². The zero-order valence-electron chi connectivity index (χ0n) is 18.5. The standard InChI is InChI=1S/C27H26N2O3S/c1-2-3-17-31-22-15-13-21(14-16-22)24-19-33-27(28-24)29-26(30)18-32-25-12-8-7-11-23(25)20-9-5-4-6-10-20/h4-16,19H,2-3,17-18H2,1H3,(H,28,29,30). The van der Waals surface area contributed by atoms with Gasteiger partial charge in [0.15, 0.2) is 11.7 Å². The second-order valence-corrected chi connectivity index (χ2v) is 8.32. The van der Waals surface area contributed by atoms with Crippen LogP contribution in [-0.2, 0) is 4.79 Å². The number of para-hydroxylation sites is 1. The fourth-order valence-electron chi connectivity index (χ4n) is 3.27. The maximum absolute atomic E-state index is 12.5. The number of hydrogen-bond donors (Lipinski definition) is 1. The highest BCUT2D eigenvalue weighted by Gasteiger charge is 2.11. The second kappa shape index (κ2) is 11.3. The molecule has 6 heteroatoms. The SMILES string of the molecule is CCCCOc1ccc(-c2csc(NC(=O)COc3ccccc3-c3ccccc3)n2)cc1. The molecule has 0 unspecified atom stereocenters. The highest BCUT2D eigenvalue weighted by molar-refractivity contribution is 7.14. The molecule has 0 saturated carbocycles. The van der Waals surface area contributed by atoms with Gasteiger partial charge >= 0.3 is 0 Å². The number of carbonyl (C=O) groups is 1. The van der Waals surface area contributed by atoms with Crippen molar-refractivity contribution in [3.8, 4) is 33.9 Å². The number of hydrogen-bond acceptors (Lipinski definition) is 5. The molecule has 1 aromatic heterocycles. The Bertz CT molecular complexity index is 1170. The van der Waals surface area contributed by atoms with Gasteiger partial charge in [0, 0.05) is 16.5 Å². The van der Waals surface area contributed by atoms with Gasteiger partial charge in [0.25, 0.3) is 5.91 Å². The van der Waals surface area contributed by atoms with Crippen LogP contribution in [0.25, 0.3) is 22.4 Å². The third-order valence-corrected chi connectivity index (χ3v) is 5.76. The normalized spacial score (nSPS) is 10.6. The Balaban J connectivity index is 1.33. The summed E-state index contributed by atoms with van der Waals surface area (Å²) in [5, 5.41) is 5.29. The van der Waals surface area contributed by atoms with Crippen molar-refractivity contribution in [2.75, 3.05) is 18.5 Å². The number of ether oxygens (including phenoxy) is 2. The Hall–Kier alpha value is -3.64. The first-order valence-corrected chi connectivity index (χ1v) is 11.9. The molecular weight excluding hydrogens is 432 g/mol. The van der Waals surface area contributed by atoms with Gasteiger partial charge in [-0.15, -0.1) is 11.3 Å². The van der Waals surface area contributed by atoms with Crippen molar-refractivity contribution in [2.45, 2.75) is 19.8 Å². The summed E-state index contributed by atoms with van der Waals surface area (Å²) in [4.78, 5) is 17.0. The molecule has 0 atom stereocenters. The van der Waals surface area contributed by atoms with E-state index in [-0.39, 0.29) is 12.5 Å². The van der Waals surface area contributed by atoms with Gasteiger partial charge in [-0.05, 0) is 42.3 Å². The smallest absolute Gasteiger partial charge is 0.264 e. The first-order valence-electron chi connectivity index (χ1n) is 11.0. The molecule has 33 heavy (non-hydrogen) atoms. The van der Waals surface area contributed by atoms with Gasteiger partial charge in [0.2, 0.25) is 0 Å². The zero-order chi connectivity index (χ0) is 22.9. The number of rotatable bonds is 10. The summed E-state index contributed by atoms with van der Waals surface area (Å²) < 4.78 is 11.5. The highest BCUT2D eigenvalue weighted by Crippen LogP contribution is 2.30. The van der Waals surface area contributed by atoms with Crippen LogP contribution in [0.4, 0.5) is 5.13 Å². The summed E-state index contributed by atoms with van der Waals surface area (Å²) in [6.07, 6.45) is 2.15. The maximum Gasteiger partial charge on any atom is 0.264 e. The van der Waals surface area contributed by atoms with Crippen molar-refractivity contribution in [3.63, 3.8) is 0 Å². The lowest BCUT2D eigenvalue weighted by atomic mass is 10.1. The number of benzene rings is 3. The third kappa shape index (κ3) is 6.20.